The lowest BCUT2D eigenvalue weighted by Crippen LogP contribution is -2.32. The van der Waals surface area contributed by atoms with E-state index in [0.29, 0.717) is 16.3 Å². The number of rotatable bonds is 6. The van der Waals surface area contributed by atoms with E-state index in [4.69, 9.17) is 11.6 Å². The predicted molar refractivity (Wildman–Crippen MR) is 93.8 cm³/mol. The van der Waals surface area contributed by atoms with Gasteiger partial charge in [0.05, 0.1) is 0 Å². The number of amides is 2. The summed E-state index contributed by atoms with van der Waals surface area (Å²) in [6.45, 7) is 2.07. The Morgan fingerprint density at radius 1 is 1.17 bits per heavy atom. The van der Waals surface area contributed by atoms with Gasteiger partial charge in [-0.2, -0.15) is 0 Å². The second-order valence-electron chi connectivity index (χ2n) is 5.42. The van der Waals surface area contributed by atoms with Crippen LogP contribution in [0.3, 0.4) is 0 Å². The van der Waals surface area contributed by atoms with Gasteiger partial charge in [0, 0.05) is 23.7 Å². The quantitative estimate of drug-likeness (QED) is 0.752. The fourth-order valence-corrected chi connectivity index (χ4v) is 2.37. The fraction of sp³-hybridized carbons (Fsp3) is 0.222. The first-order valence-corrected chi connectivity index (χ1v) is 7.91. The summed E-state index contributed by atoms with van der Waals surface area (Å²) in [5, 5.41) is 15.7. The maximum Gasteiger partial charge on any atom is 0.253 e. The number of carbonyl (C=O) groups is 2. The monoisotopic (exact) mass is 346 g/mol. The average molecular weight is 347 g/mol. The van der Waals surface area contributed by atoms with Gasteiger partial charge in [-0.15, -0.1) is 0 Å². The van der Waals surface area contributed by atoms with Crippen LogP contribution in [0.15, 0.2) is 48.5 Å². The Bertz CT molecular complexity index is 734. The zero-order chi connectivity index (χ0) is 17.5. The van der Waals surface area contributed by atoms with Crippen molar-refractivity contribution >= 4 is 29.1 Å². The molecule has 6 heteroatoms. The van der Waals surface area contributed by atoms with E-state index in [1.54, 1.807) is 24.3 Å². The number of hydrogen-bond donors (Lipinski definition) is 3. The normalized spacial score (nSPS) is 11.6. The Labute approximate surface area is 145 Å². The highest BCUT2D eigenvalue weighted by Crippen LogP contribution is 2.17. The predicted octanol–water partition coefficient (Wildman–Crippen LogP) is 2.83. The van der Waals surface area contributed by atoms with E-state index in [1.807, 2.05) is 25.1 Å². The second-order valence-corrected chi connectivity index (χ2v) is 5.85. The highest BCUT2D eigenvalue weighted by Gasteiger charge is 2.17. The highest BCUT2D eigenvalue weighted by atomic mass is 35.5. The summed E-state index contributed by atoms with van der Waals surface area (Å²) in [5.74, 6) is -0.779. The van der Waals surface area contributed by atoms with Crippen LogP contribution in [-0.4, -0.2) is 23.5 Å². The molecule has 3 N–H and O–H groups in total. The zero-order valence-corrected chi connectivity index (χ0v) is 14.0. The van der Waals surface area contributed by atoms with Crippen molar-refractivity contribution in [3.05, 3.63) is 64.7 Å². The van der Waals surface area contributed by atoms with Gasteiger partial charge in [0.25, 0.3) is 5.91 Å². The topological polar surface area (TPSA) is 78.4 Å². The molecule has 2 rings (SSSR count). The summed E-state index contributed by atoms with van der Waals surface area (Å²) in [6, 6.07) is 13.9. The second kappa shape index (κ2) is 8.47. The molecule has 5 nitrogen and oxygen atoms in total. The summed E-state index contributed by atoms with van der Waals surface area (Å²) in [7, 11) is 0. The lowest BCUT2D eigenvalue weighted by molar-refractivity contribution is -0.129. The molecule has 0 saturated heterocycles. The molecular formula is C18H19ClN2O3. The standard InChI is InChI=1S/C18H19ClN2O3/c1-12-4-2-7-15(10-12)21-16(22)8-9-20-18(24)17(23)13-5-3-6-14(19)11-13/h2-7,10-11,17,23H,8-9H2,1H3,(H,20,24)(H,21,22). The van der Waals surface area contributed by atoms with Crippen molar-refractivity contribution in [2.75, 3.05) is 11.9 Å². The Morgan fingerprint density at radius 3 is 2.62 bits per heavy atom. The maximum atomic E-state index is 11.9. The number of halogens is 1. The van der Waals surface area contributed by atoms with Crippen molar-refractivity contribution < 1.29 is 14.7 Å². The number of aryl methyl sites for hydroxylation is 1. The Kier molecular flexibility index (Phi) is 6.35. The van der Waals surface area contributed by atoms with Gasteiger partial charge in [-0.1, -0.05) is 35.9 Å². The molecule has 0 spiro atoms. The van der Waals surface area contributed by atoms with Crippen molar-refractivity contribution in [2.45, 2.75) is 19.4 Å². The molecular weight excluding hydrogens is 328 g/mol. The molecule has 126 valence electrons. The van der Waals surface area contributed by atoms with Crippen LogP contribution in [0.25, 0.3) is 0 Å². The molecule has 0 aliphatic rings. The third-order valence-corrected chi connectivity index (χ3v) is 3.60. The van der Waals surface area contributed by atoms with Crippen LogP contribution in [0, 0.1) is 6.92 Å². The van der Waals surface area contributed by atoms with Crippen LogP contribution in [0.2, 0.25) is 5.02 Å². The maximum absolute atomic E-state index is 11.9. The van der Waals surface area contributed by atoms with Crippen molar-refractivity contribution in [3.8, 4) is 0 Å². The van der Waals surface area contributed by atoms with Crippen LogP contribution < -0.4 is 10.6 Å². The van der Waals surface area contributed by atoms with Crippen LogP contribution in [0.1, 0.15) is 23.7 Å². The Morgan fingerprint density at radius 2 is 1.92 bits per heavy atom. The van der Waals surface area contributed by atoms with E-state index in [2.05, 4.69) is 10.6 Å². The largest absolute Gasteiger partial charge is 0.378 e. The molecule has 0 fully saturated rings. The molecule has 0 heterocycles. The molecule has 1 atom stereocenters. The third kappa shape index (κ3) is 5.37. The van der Waals surface area contributed by atoms with Gasteiger partial charge >= 0.3 is 0 Å². The summed E-state index contributed by atoms with van der Waals surface area (Å²) < 4.78 is 0. The first-order chi connectivity index (χ1) is 11.5. The molecule has 0 aliphatic carbocycles. The fourth-order valence-electron chi connectivity index (χ4n) is 2.17. The molecule has 0 aromatic heterocycles. The summed E-state index contributed by atoms with van der Waals surface area (Å²) in [5.41, 5.74) is 2.17. The summed E-state index contributed by atoms with van der Waals surface area (Å²) in [6.07, 6.45) is -1.20. The van der Waals surface area contributed by atoms with E-state index < -0.39 is 12.0 Å². The van der Waals surface area contributed by atoms with Crippen LogP contribution in [0.5, 0.6) is 0 Å². The molecule has 2 aromatic rings. The third-order valence-electron chi connectivity index (χ3n) is 3.37. The van der Waals surface area contributed by atoms with Crippen molar-refractivity contribution in [1.82, 2.24) is 5.32 Å². The van der Waals surface area contributed by atoms with E-state index in [1.165, 1.54) is 6.07 Å². The van der Waals surface area contributed by atoms with Crippen molar-refractivity contribution in [2.24, 2.45) is 0 Å². The van der Waals surface area contributed by atoms with Gasteiger partial charge in [-0.05, 0) is 42.3 Å². The molecule has 0 aliphatic heterocycles. The van der Waals surface area contributed by atoms with Gasteiger partial charge in [-0.3, -0.25) is 9.59 Å². The molecule has 1 unspecified atom stereocenters. The minimum absolute atomic E-state index is 0.113. The number of aliphatic hydroxyl groups excluding tert-OH is 1. The molecule has 2 aromatic carbocycles. The van der Waals surface area contributed by atoms with Crippen LogP contribution in [-0.2, 0) is 9.59 Å². The highest BCUT2D eigenvalue weighted by molar-refractivity contribution is 6.30. The molecule has 24 heavy (non-hydrogen) atoms. The summed E-state index contributed by atoms with van der Waals surface area (Å²) in [4.78, 5) is 23.8. The number of nitrogens with one attached hydrogen (secondary N) is 2. The lowest BCUT2D eigenvalue weighted by atomic mass is 10.1. The molecule has 0 bridgehead atoms. The van der Waals surface area contributed by atoms with Crippen LogP contribution in [0.4, 0.5) is 5.69 Å². The van der Waals surface area contributed by atoms with Gasteiger partial charge in [0.1, 0.15) is 0 Å². The van der Waals surface area contributed by atoms with Gasteiger partial charge in [0.15, 0.2) is 6.10 Å². The van der Waals surface area contributed by atoms with E-state index in [-0.39, 0.29) is 18.9 Å². The van der Waals surface area contributed by atoms with Gasteiger partial charge in [0.2, 0.25) is 5.91 Å². The number of benzene rings is 2. The van der Waals surface area contributed by atoms with Crippen LogP contribution >= 0.6 is 11.6 Å². The number of hydrogen-bond acceptors (Lipinski definition) is 3. The molecule has 0 saturated carbocycles. The minimum atomic E-state index is -1.32. The molecule has 2 amide bonds. The van der Waals surface area contributed by atoms with Crippen molar-refractivity contribution in [1.29, 1.82) is 0 Å². The number of aliphatic hydroxyl groups is 1. The van der Waals surface area contributed by atoms with Gasteiger partial charge in [-0.25, -0.2) is 0 Å². The van der Waals surface area contributed by atoms with E-state index in [9.17, 15) is 14.7 Å². The lowest BCUT2D eigenvalue weighted by Gasteiger charge is -2.12. The first kappa shape index (κ1) is 18.0. The molecule has 0 radical (unpaired) electrons. The Balaban J connectivity index is 1.78. The smallest absolute Gasteiger partial charge is 0.253 e. The number of carbonyl (C=O) groups excluding carboxylic acids is 2. The SMILES string of the molecule is Cc1cccc(NC(=O)CCNC(=O)C(O)c2cccc(Cl)c2)c1. The average Bonchev–Trinajstić information content (AvgIpc) is 2.54. The minimum Gasteiger partial charge on any atom is -0.378 e. The Hall–Kier alpha value is -2.37. The van der Waals surface area contributed by atoms with E-state index >= 15 is 0 Å². The van der Waals surface area contributed by atoms with Crippen molar-refractivity contribution in [3.63, 3.8) is 0 Å². The number of anilines is 1. The van der Waals surface area contributed by atoms with Gasteiger partial charge < -0.3 is 15.7 Å². The summed E-state index contributed by atoms with van der Waals surface area (Å²) >= 11 is 5.83. The van der Waals surface area contributed by atoms with E-state index in [0.717, 1.165) is 5.56 Å². The zero-order valence-electron chi connectivity index (χ0n) is 13.3. The first-order valence-electron chi connectivity index (χ1n) is 7.53.